The molecule has 3 aromatic rings. The number of hydrogen-bond acceptors (Lipinski definition) is 5. The van der Waals surface area contributed by atoms with Gasteiger partial charge in [-0.2, -0.15) is 5.10 Å². The standard InChI is InChI=1S/C18H14N4O4/c23-17-7-6-13(10-16(17)22(25)26)12-19-20-18(24)14-4-3-5-15(11-14)21-8-1-2-9-21/h1-12,23H,(H,20,24)/b19-12+. The van der Waals surface area contributed by atoms with E-state index >= 15 is 0 Å². The Labute approximate surface area is 148 Å². The number of carbonyl (C=O) groups is 1. The molecule has 0 unspecified atom stereocenters. The molecule has 0 saturated heterocycles. The van der Waals surface area contributed by atoms with Gasteiger partial charge in [-0.25, -0.2) is 5.43 Å². The summed E-state index contributed by atoms with van der Waals surface area (Å²) in [6.45, 7) is 0. The van der Waals surface area contributed by atoms with E-state index in [1.807, 2.05) is 35.2 Å². The summed E-state index contributed by atoms with van der Waals surface area (Å²) in [5.74, 6) is -0.846. The van der Waals surface area contributed by atoms with Gasteiger partial charge in [-0.3, -0.25) is 14.9 Å². The minimum atomic E-state index is -0.696. The summed E-state index contributed by atoms with van der Waals surface area (Å²) in [6, 6.07) is 14.6. The highest BCUT2D eigenvalue weighted by molar-refractivity contribution is 5.95. The molecular weight excluding hydrogens is 336 g/mol. The fourth-order valence-corrected chi connectivity index (χ4v) is 2.31. The SMILES string of the molecule is O=C(N/N=C/c1ccc(O)c([N+](=O)[O-])c1)c1cccc(-n2cccc2)c1. The second-order valence-electron chi connectivity index (χ2n) is 5.35. The van der Waals surface area contributed by atoms with Gasteiger partial charge in [-0.1, -0.05) is 6.07 Å². The number of carbonyl (C=O) groups excluding carboxylic acids is 1. The quantitative estimate of drug-likeness (QED) is 0.419. The van der Waals surface area contributed by atoms with Crippen molar-refractivity contribution in [1.29, 1.82) is 0 Å². The molecule has 0 radical (unpaired) electrons. The Morgan fingerprint density at radius 3 is 2.65 bits per heavy atom. The predicted octanol–water partition coefficient (Wildman–Crippen LogP) is 2.86. The number of nitro benzene ring substituents is 1. The molecule has 0 atom stereocenters. The summed E-state index contributed by atoms with van der Waals surface area (Å²) < 4.78 is 1.87. The van der Waals surface area contributed by atoms with E-state index in [-0.39, 0.29) is 0 Å². The van der Waals surface area contributed by atoms with Crippen molar-refractivity contribution in [2.45, 2.75) is 0 Å². The number of nitrogens with zero attached hydrogens (tertiary/aromatic N) is 3. The number of phenolic OH excluding ortho intramolecular Hbond substituents is 1. The van der Waals surface area contributed by atoms with E-state index in [1.54, 1.807) is 18.2 Å². The van der Waals surface area contributed by atoms with Crippen LogP contribution in [0.25, 0.3) is 5.69 Å². The van der Waals surface area contributed by atoms with E-state index in [4.69, 9.17) is 0 Å². The minimum Gasteiger partial charge on any atom is -0.502 e. The molecule has 130 valence electrons. The molecule has 8 heteroatoms. The van der Waals surface area contributed by atoms with E-state index < -0.39 is 22.3 Å². The first-order valence-electron chi connectivity index (χ1n) is 7.59. The maximum Gasteiger partial charge on any atom is 0.311 e. The van der Waals surface area contributed by atoms with Crippen molar-refractivity contribution in [3.63, 3.8) is 0 Å². The average Bonchev–Trinajstić information content (AvgIpc) is 3.17. The van der Waals surface area contributed by atoms with Crippen LogP contribution in [0.5, 0.6) is 5.75 Å². The molecule has 0 bridgehead atoms. The van der Waals surface area contributed by atoms with E-state index in [1.165, 1.54) is 18.3 Å². The van der Waals surface area contributed by atoms with E-state index in [9.17, 15) is 20.0 Å². The van der Waals surface area contributed by atoms with Crippen molar-refractivity contribution in [3.8, 4) is 11.4 Å². The first kappa shape index (κ1) is 16.9. The molecular formula is C18H14N4O4. The predicted molar refractivity (Wildman–Crippen MR) is 95.6 cm³/mol. The Kier molecular flexibility index (Phi) is 4.75. The van der Waals surface area contributed by atoms with Gasteiger partial charge in [0.05, 0.1) is 11.1 Å². The molecule has 1 aromatic heterocycles. The Morgan fingerprint density at radius 2 is 1.92 bits per heavy atom. The zero-order valence-electron chi connectivity index (χ0n) is 13.4. The van der Waals surface area contributed by atoms with Crippen LogP contribution in [0.15, 0.2) is 72.1 Å². The highest BCUT2D eigenvalue weighted by atomic mass is 16.6. The van der Waals surface area contributed by atoms with Gasteiger partial charge >= 0.3 is 5.69 Å². The fourth-order valence-electron chi connectivity index (χ4n) is 2.31. The summed E-state index contributed by atoms with van der Waals surface area (Å²) in [5.41, 5.74) is 3.57. The summed E-state index contributed by atoms with van der Waals surface area (Å²) in [4.78, 5) is 22.3. The van der Waals surface area contributed by atoms with E-state index in [0.29, 0.717) is 11.1 Å². The van der Waals surface area contributed by atoms with Gasteiger partial charge < -0.3 is 9.67 Å². The van der Waals surface area contributed by atoms with Gasteiger partial charge in [0.25, 0.3) is 5.91 Å². The number of phenols is 1. The summed E-state index contributed by atoms with van der Waals surface area (Å²) in [5, 5.41) is 24.0. The van der Waals surface area contributed by atoms with Gasteiger partial charge in [-0.15, -0.1) is 0 Å². The molecule has 8 nitrogen and oxygen atoms in total. The van der Waals surface area contributed by atoms with Gasteiger partial charge in [0.2, 0.25) is 0 Å². The number of benzene rings is 2. The third kappa shape index (κ3) is 3.75. The fraction of sp³-hybridized carbons (Fsp3) is 0. The first-order chi connectivity index (χ1) is 12.5. The largest absolute Gasteiger partial charge is 0.502 e. The second-order valence-corrected chi connectivity index (χ2v) is 5.35. The van der Waals surface area contributed by atoms with Crippen molar-refractivity contribution >= 4 is 17.8 Å². The maximum atomic E-state index is 12.2. The van der Waals surface area contributed by atoms with Crippen molar-refractivity contribution in [3.05, 3.63) is 88.2 Å². The normalized spacial score (nSPS) is 10.8. The number of aromatic hydroxyl groups is 1. The first-order valence-corrected chi connectivity index (χ1v) is 7.59. The summed E-state index contributed by atoms with van der Waals surface area (Å²) in [7, 11) is 0. The molecule has 26 heavy (non-hydrogen) atoms. The van der Waals surface area contributed by atoms with Crippen LogP contribution in [-0.2, 0) is 0 Å². The molecule has 1 amide bonds. The number of nitro groups is 1. The third-order valence-electron chi connectivity index (χ3n) is 3.59. The van der Waals surface area contributed by atoms with Crippen LogP contribution in [0.4, 0.5) is 5.69 Å². The second kappa shape index (κ2) is 7.31. The van der Waals surface area contributed by atoms with Crippen molar-refractivity contribution in [1.82, 2.24) is 9.99 Å². The Hall–Kier alpha value is -3.94. The monoisotopic (exact) mass is 350 g/mol. The Bertz CT molecular complexity index is 981. The van der Waals surface area contributed by atoms with Crippen LogP contribution in [0, 0.1) is 10.1 Å². The molecule has 0 aliphatic rings. The zero-order valence-corrected chi connectivity index (χ0v) is 13.4. The summed E-state index contributed by atoms with van der Waals surface area (Å²) >= 11 is 0. The Morgan fingerprint density at radius 1 is 1.15 bits per heavy atom. The molecule has 0 aliphatic heterocycles. The molecule has 2 N–H and O–H groups in total. The topological polar surface area (TPSA) is 110 Å². The van der Waals surface area contributed by atoms with Crippen LogP contribution in [0.3, 0.4) is 0 Å². The van der Waals surface area contributed by atoms with Gasteiger partial charge in [0.15, 0.2) is 5.75 Å². The summed E-state index contributed by atoms with van der Waals surface area (Å²) in [6.07, 6.45) is 5.00. The molecule has 0 fully saturated rings. The van der Waals surface area contributed by atoms with Gasteiger partial charge in [0.1, 0.15) is 0 Å². The lowest BCUT2D eigenvalue weighted by atomic mass is 10.2. The van der Waals surface area contributed by atoms with Crippen LogP contribution in [0.1, 0.15) is 15.9 Å². The highest BCUT2D eigenvalue weighted by Gasteiger charge is 2.12. The number of aromatic nitrogens is 1. The number of hydrazone groups is 1. The van der Waals surface area contributed by atoms with Crippen molar-refractivity contribution in [2.75, 3.05) is 0 Å². The van der Waals surface area contributed by atoms with Gasteiger partial charge in [0, 0.05) is 35.3 Å². The minimum absolute atomic E-state index is 0.371. The molecule has 3 rings (SSSR count). The molecule has 1 heterocycles. The van der Waals surface area contributed by atoms with Crippen LogP contribution >= 0.6 is 0 Å². The lowest BCUT2D eigenvalue weighted by molar-refractivity contribution is -0.385. The van der Waals surface area contributed by atoms with Crippen molar-refractivity contribution in [2.24, 2.45) is 5.10 Å². The lowest BCUT2D eigenvalue weighted by Crippen LogP contribution is -2.17. The van der Waals surface area contributed by atoms with E-state index in [0.717, 1.165) is 11.8 Å². The molecule has 0 spiro atoms. The molecule has 2 aromatic carbocycles. The average molecular weight is 350 g/mol. The van der Waals surface area contributed by atoms with Crippen LogP contribution < -0.4 is 5.43 Å². The molecule has 0 aliphatic carbocycles. The smallest absolute Gasteiger partial charge is 0.311 e. The molecule has 0 saturated carbocycles. The Balaban J connectivity index is 1.71. The zero-order chi connectivity index (χ0) is 18.5. The number of hydrogen-bond donors (Lipinski definition) is 2. The maximum absolute atomic E-state index is 12.2. The van der Waals surface area contributed by atoms with E-state index in [2.05, 4.69) is 10.5 Å². The van der Waals surface area contributed by atoms with Crippen LogP contribution in [-0.4, -0.2) is 26.7 Å². The van der Waals surface area contributed by atoms with Gasteiger partial charge in [-0.05, 0) is 42.5 Å². The number of nitrogens with one attached hydrogen (secondary N) is 1. The lowest BCUT2D eigenvalue weighted by Gasteiger charge is -2.05. The van der Waals surface area contributed by atoms with Crippen molar-refractivity contribution < 1.29 is 14.8 Å². The van der Waals surface area contributed by atoms with Crippen LogP contribution in [0.2, 0.25) is 0 Å². The highest BCUT2D eigenvalue weighted by Crippen LogP contribution is 2.25. The number of rotatable bonds is 5. The third-order valence-corrected chi connectivity index (χ3v) is 3.59. The number of amides is 1.